The van der Waals surface area contributed by atoms with Crippen LogP contribution in [0, 0.1) is 0 Å². The van der Waals surface area contributed by atoms with E-state index in [4.69, 9.17) is 0 Å². The summed E-state index contributed by atoms with van der Waals surface area (Å²) < 4.78 is 71.2. The zero-order chi connectivity index (χ0) is 20.8. The molecule has 11 heteroatoms. The Hall–Kier alpha value is -1.33. The van der Waals surface area contributed by atoms with Crippen LogP contribution < -0.4 is 5.32 Å². The normalized spacial score (nSPS) is 29.6. The average Bonchev–Trinajstić information content (AvgIpc) is 3.36. The number of nitrogens with zero attached hydrogens (tertiary/aromatic N) is 4. The van der Waals surface area contributed by atoms with E-state index in [0.717, 1.165) is 30.4 Å². The number of fused-ring (bicyclic) bond motifs is 1. The minimum Gasteiger partial charge on any atom is -0.367 e. The van der Waals surface area contributed by atoms with E-state index in [1.54, 1.807) is 6.07 Å². The maximum atomic E-state index is 13.6. The lowest BCUT2D eigenvalue weighted by Gasteiger charge is -2.36. The van der Waals surface area contributed by atoms with Gasteiger partial charge in [0.1, 0.15) is 5.82 Å². The number of halogens is 3. The number of hydrogen-bond acceptors (Lipinski definition) is 4. The number of nitrogens with one attached hydrogen (secondary N) is 1. The Kier molecular flexibility index (Phi) is 5.58. The van der Waals surface area contributed by atoms with Crippen molar-refractivity contribution < 1.29 is 21.6 Å². The van der Waals surface area contributed by atoms with Crippen molar-refractivity contribution in [3.63, 3.8) is 0 Å². The fourth-order valence-electron chi connectivity index (χ4n) is 4.64. The molecule has 0 unspecified atom stereocenters. The zero-order valence-corrected chi connectivity index (χ0v) is 17.3. The molecule has 0 amide bonds. The summed E-state index contributed by atoms with van der Waals surface area (Å²) >= 11 is 0. The molecule has 3 aliphatic heterocycles. The van der Waals surface area contributed by atoms with Crippen LogP contribution in [-0.2, 0) is 10.2 Å². The van der Waals surface area contributed by atoms with Crippen LogP contribution in [0.5, 0.6) is 0 Å². The summed E-state index contributed by atoms with van der Waals surface area (Å²) in [7, 11) is -3.64. The third kappa shape index (κ3) is 3.88. The first-order chi connectivity index (χ1) is 13.7. The standard InChI is InChI=1S/C18H28F3N5O2S/c1-2-13-11-16(18(19,20)21)26-17(22-13)12-14(23-26)15-7-3-4-10-25(15)29(27,28)24-8-5-6-9-24/h12-13,15-16,22H,2-11H2,1H3/t13-,15-,16-/m1/s1. The van der Waals surface area contributed by atoms with Gasteiger partial charge >= 0.3 is 6.18 Å². The van der Waals surface area contributed by atoms with Crippen molar-refractivity contribution in [1.82, 2.24) is 18.4 Å². The SMILES string of the molecule is CC[C@@H]1C[C@H](C(F)(F)F)n2nc([C@H]3CCCCN3S(=O)(=O)N3CCCC3)cc2N1. The molecule has 1 aromatic heterocycles. The summed E-state index contributed by atoms with van der Waals surface area (Å²) in [5.74, 6) is 0.324. The van der Waals surface area contributed by atoms with Crippen LogP contribution in [0.2, 0.25) is 0 Å². The summed E-state index contributed by atoms with van der Waals surface area (Å²) in [5.41, 5.74) is 0.404. The molecular formula is C18H28F3N5O2S. The molecule has 0 bridgehead atoms. The minimum absolute atomic E-state index is 0.0748. The van der Waals surface area contributed by atoms with Gasteiger partial charge in [-0.3, -0.25) is 0 Å². The van der Waals surface area contributed by atoms with Gasteiger partial charge in [0.05, 0.1) is 11.7 Å². The van der Waals surface area contributed by atoms with E-state index in [-0.39, 0.29) is 12.5 Å². The van der Waals surface area contributed by atoms with Gasteiger partial charge in [-0.05, 0) is 38.5 Å². The molecule has 0 spiro atoms. The van der Waals surface area contributed by atoms with Crippen LogP contribution in [0.25, 0.3) is 0 Å². The Morgan fingerprint density at radius 1 is 1.17 bits per heavy atom. The maximum absolute atomic E-state index is 13.6. The van der Waals surface area contributed by atoms with Crippen LogP contribution in [0.15, 0.2) is 6.07 Å². The molecule has 4 rings (SSSR count). The Balaban J connectivity index is 1.68. The second kappa shape index (κ2) is 7.73. The van der Waals surface area contributed by atoms with Crippen molar-refractivity contribution in [2.24, 2.45) is 0 Å². The van der Waals surface area contributed by atoms with Crippen LogP contribution in [-0.4, -0.2) is 58.7 Å². The summed E-state index contributed by atoms with van der Waals surface area (Å²) in [6, 6.07) is -0.884. The second-order valence-electron chi connectivity index (χ2n) is 8.18. The van der Waals surface area contributed by atoms with E-state index in [9.17, 15) is 21.6 Å². The maximum Gasteiger partial charge on any atom is 0.410 e. The predicted octanol–water partition coefficient (Wildman–Crippen LogP) is 3.45. The zero-order valence-electron chi connectivity index (χ0n) is 16.5. The van der Waals surface area contributed by atoms with E-state index in [1.807, 2.05) is 6.92 Å². The molecule has 2 fully saturated rings. The lowest BCUT2D eigenvalue weighted by Crippen LogP contribution is -2.46. The lowest BCUT2D eigenvalue weighted by molar-refractivity contribution is -0.173. The van der Waals surface area contributed by atoms with E-state index in [0.29, 0.717) is 44.0 Å². The Bertz CT molecular complexity index is 835. The van der Waals surface area contributed by atoms with Crippen molar-refractivity contribution in [2.75, 3.05) is 25.0 Å². The first-order valence-corrected chi connectivity index (χ1v) is 11.8. The molecule has 29 heavy (non-hydrogen) atoms. The smallest absolute Gasteiger partial charge is 0.367 e. The van der Waals surface area contributed by atoms with Crippen molar-refractivity contribution in [3.05, 3.63) is 11.8 Å². The molecule has 0 saturated carbocycles. The first kappa shape index (κ1) is 20.9. The fourth-order valence-corrected chi connectivity index (χ4v) is 6.55. The van der Waals surface area contributed by atoms with Gasteiger partial charge in [0.2, 0.25) is 0 Å². The molecule has 0 radical (unpaired) electrons. The predicted molar refractivity (Wildman–Crippen MR) is 103 cm³/mol. The lowest BCUT2D eigenvalue weighted by atomic mass is 10.0. The quantitative estimate of drug-likeness (QED) is 0.787. The van der Waals surface area contributed by atoms with Gasteiger partial charge in [0, 0.05) is 31.7 Å². The number of rotatable bonds is 4. The van der Waals surface area contributed by atoms with Gasteiger partial charge in [0.15, 0.2) is 6.04 Å². The van der Waals surface area contributed by atoms with Gasteiger partial charge < -0.3 is 5.32 Å². The number of aromatic nitrogens is 2. The molecule has 3 aliphatic rings. The Labute approximate surface area is 169 Å². The highest BCUT2D eigenvalue weighted by molar-refractivity contribution is 7.86. The summed E-state index contributed by atoms with van der Waals surface area (Å²) in [6.45, 7) is 3.23. The average molecular weight is 436 g/mol. The molecule has 164 valence electrons. The molecule has 2 saturated heterocycles. The second-order valence-corrected chi connectivity index (χ2v) is 10.1. The third-order valence-electron chi connectivity index (χ3n) is 6.26. The first-order valence-electron chi connectivity index (χ1n) is 10.4. The van der Waals surface area contributed by atoms with Crippen LogP contribution in [0.1, 0.15) is 69.6 Å². The molecule has 1 N–H and O–H groups in total. The Morgan fingerprint density at radius 3 is 2.52 bits per heavy atom. The third-order valence-corrected chi connectivity index (χ3v) is 8.31. The number of piperidine rings is 1. The molecular weight excluding hydrogens is 407 g/mol. The van der Waals surface area contributed by atoms with Crippen LogP contribution in [0.4, 0.5) is 19.0 Å². The van der Waals surface area contributed by atoms with Crippen LogP contribution in [0.3, 0.4) is 0 Å². The summed E-state index contributed by atoms with van der Waals surface area (Å²) in [4.78, 5) is 0. The topological polar surface area (TPSA) is 70.5 Å². The van der Waals surface area contributed by atoms with Gasteiger partial charge in [-0.1, -0.05) is 13.3 Å². The molecule has 0 aromatic carbocycles. The largest absolute Gasteiger partial charge is 0.410 e. The van der Waals surface area contributed by atoms with Gasteiger partial charge in [0.25, 0.3) is 10.2 Å². The van der Waals surface area contributed by atoms with Crippen molar-refractivity contribution in [2.45, 2.75) is 76.2 Å². The number of anilines is 1. The van der Waals surface area contributed by atoms with E-state index in [1.165, 1.54) is 8.61 Å². The van der Waals surface area contributed by atoms with E-state index >= 15 is 0 Å². The monoisotopic (exact) mass is 435 g/mol. The highest BCUT2D eigenvalue weighted by atomic mass is 32.2. The Morgan fingerprint density at radius 2 is 1.86 bits per heavy atom. The van der Waals surface area contributed by atoms with Crippen molar-refractivity contribution in [1.29, 1.82) is 0 Å². The van der Waals surface area contributed by atoms with Crippen LogP contribution >= 0.6 is 0 Å². The van der Waals surface area contributed by atoms with Crippen molar-refractivity contribution >= 4 is 16.0 Å². The molecule has 7 nitrogen and oxygen atoms in total. The molecule has 0 aliphatic carbocycles. The van der Waals surface area contributed by atoms with E-state index < -0.39 is 28.5 Å². The molecule has 1 aromatic rings. The summed E-state index contributed by atoms with van der Waals surface area (Å²) in [5, 5.41) is 7.43. The van der Waals surface area contributed by atoms with Crippen molar-refractivity contribution in [3.8, 4) is 0 Å². The highest BCUT2D eigenvalue weighted by Gasteiger charge is 2.47. The highest BCUT2D eigenvalue weighted by Crippen LogP contribution is 2.42. The minimum atomic E-state index is -4.40. The summed E-state index contributed by atoms with van der Waals surface area (Å²) in [6.07, 6.45) is -0.0807. The molecule has 3 atom stereocenters. The number of hydrogen-bond donors (Lipinski definition) is 1. The number of alkyl halides is 3. The van der Waals surface area contributed by atoms with Gasteiger partial charge in [-0.2, -0.15) is 35.3 Å². The van der Waals surface area contributed by atoms with Gasteiger partial charge in [-0.15, -0.1) is 0 Å². The van der Waals surface area contributed by atoms with Gasteiger partial charge in [-0.25, -0.2) is 4.68 Å². The fraction of sp³-hybridized carbons (Fsp3) is 0.833. The molecule has 4 heterocycles. The van der Waals surface area contributed by atoms with E-state index in [2.05, 4.69) is 10.4 Å².